The molecule has 1 N–H and O–H groups in total. The molecule has 0 spiro atoms. The van der Waals surface area contributed by atoms with Crippen LogP contribution in [-0.4, -0.2) is 45.8 Å². The molecule has 4 nitrogen and oxygen atoms in total. The number of nitrogens with one attached hydrogen (secondary N) is 1. The van der Waals surface area contributed by atoms with Crippen molar-refractivity contribution >= 4 is 0 Å². The van der Waals surface area contributed by atoms with E-state index in [9.17, 15) is 0 Å². The molecular weight excluding hydrogens is 240 g/mol. The van der Waals surface area contributed by atoms with Gasteiger partial charge in [0.2, 0.25) is 0 Å². The molecule has 1 heterocycles. The summed E-state index contributed by atoms with van der Waals surface area (Å²) in [5.41, 5.74) is 1.23. The lowest BCUT2D eigenvalue weighted by atomic mass is 9.90. The lowest BCUT2D eigenvalue weighted by molar-refractivity contribution is 0.151. The summed E-state index contributed by atoms with van der Waals surface area (Å²) >= 11 is 0. The summed E-state index contributed by atoms with van der Waals surface area (Å²) in [4.78, 5) is 2.41. The predicted octanol–water partition coefficient (Wildman–Crippen LogP) is 1.84. The maximum Gasteiger partial charge on any atom is 0.161 e. The molecule has 0 amide bonds. The molecule has 19 heavy (non-hydrogen) atoms. The van der Waals surface area contributed by atoms with Crippen LogP contribution in [0.3, 0.4) is 0 Å². The number of nitrogens with zero attached hydrogens (tertiary/aromatic N) is 1. The van der Waals surface area contributed by atoms with Crippen LogP contribution in [0.2, 0.25) is 0 Å². The molecular formula is C15H24N2O2. The Morgan fingerprint density at radius 3 is 2.63 bits per heavy atom. The molecule has 0 saturated carbocycles. The molecule has 1 aliphatic heterocycles. The zero-order valence-electron chi connectivity index (χ0n) is 12.3. The minimum atomic E-state index is -0.0178. The lowest BCUT2D eigenvalue weighted by Crippen LogP contribution is -2.46. The van der Waals surface area contributed by atoms with Crippen LogP contribution in [0.4, 0.5) is 0 Å². The molecule has 106 valence electrons. The molecule has 1 atom stereocenters. The Kier molecular flexibility index (Phi) is 4.32. The van der Waals surface area contributed by atoms with Gasteiger partial charge in [-0.15, -0.1) is 0 Å². The average Bonchev–Trinajstić information content (AvgIpc) is 2.61. The van der Waals surface area contributed by atoms with Gasteiger partial charge in [-0.1, -0.05) is 6.07 Å². The Morgan fingerprint density at radius 1 is 1.21 bits per heavy atom. The third-order valence-electron chi connectivity index (χ3n) is 4.16. The van der Waals surface area contributed by atoms with E-state index in [-0.39, 0.29) is 5.54 Å². The first-order valence-corrected chi connectivity index (χ1v) is 6.76. The van der Waals surface area contributed by atoms with Crippen LogP contribution in [0.25, 0.3) is 0 Å². The summed E-state index contributed by atoms with van der Waals surface area (Å²) in [6, 6.07) is 6.20. The maximum atomic E-state index is 5.42. The molecule has 1 unspecified atom stereocenters. The van der Waals surface area contributed by atoms with Gasteiger partial charge in [0.25, 0.3) is 0 Å². The van der Waals surface area contributed by atoms with E-state index in [0.29, 0.717) is 0 Å². The van der Waals surface area contributed by atoms with Gasteiger partial charge in [0.1, 0.15) is 0 Å². The molecule has 1 aromatic rings. The van der Waals surface area contributed by atoms with Gasteiger partial charge < -0.3 is 14.8 Å². The fourth-order valence-corrected chi connectivity index (χ4v) is 2.65. The molecule has 1 fully saturated rings. The standard InChI is InChI=1S/C15H24N2O2/c1-15(11-16-8-5-9-17(15)2)12-6-7-13(18-3)14(10-12)19-4/h6-7,10,16H,5,8-9,11H2,1-4H3. The Bertz CT molecular complexity index is 436. The molecule has 4 heteroatoms. The highest BCUT2D eigenvalue weighted by Crippen LogP contribution is 2.35. The van der Waals surface area contributed by atoms with Crippen LogP contribution < -0.4 is 14.8 Å². The zero-order valence-corrected chi connectivity index (χ0v) is 12.3. The number of hydrogen-bond donors (Lipinski definition) is 1. The SMILES string of the molecule is COc1ccc(C2(C)CNCCCN2C)cc1OC. The van der Waals surface area contributed by atoms with Gasteiger partial charge in [-0.05, 0) is 51.2 Å². The van der Waals surface area contributed by atoms with Crippen molar-refractivity contribution in [3.63, 3.8) is 0 Å². The molecule has 0 radical (unpaired) electrons. The predicted molar refractivity (Wildman–Crippen MR) is 77.0 cm³/mol. The summed E-state index contributed by atoms with van der Waals surface area (Å²) in [7, 11) is 5.53. The maximum absolute atomic E-state index is 5.42. The first kappa shape index (κ1) is 14.2. The first-order valence-electron chi connectivity index (χ1n) is 6.76. The van der Waals surface area contributed by atoms with Gasteiger partial charge >= 0.3 is 0 Å². The third kappa shape index (κ3) is 2.69. The third-order valence-corrected chi connectivity index (χ3v) is 4.16. The number of rotatable bonds is 3. The van der Waals surface area contributed by atoms with Crippen LogP contribution >= 0.6 is 0 Å². The van der Waals surface area contributed by atoms with Gasteiger partial charge in [0, 0.05) is 6.54 Å². The first-order chi connectivity index (χ1) is 9.11. The van der Waals surface area contributed by atoms with Gasteiger partial charge in [-0.2, -0.15) is 0 Å². The summed E-state index contributed by atoms with van der Waals surface area (Å²) in [5.74, 6) is 1.57. The molecule has 0 aromatic heterocycles. The Labute approximate surface area is 115 Å². The van der Waals surface area contributed by atoms with Crippen LogP contribution in [0.15, 0.2) is 18.2 Å². The summed E-state index contributed by atoms with van der Waals surface area (Å²) in [6.45, 7) is 5.39. The largest absolute Gasteiger partial charge is 0.493 e. The Hall–Kier alpha value is -1.26. The van der Waals surface area contributed by atoms with Gasteiger partial charge in [-0.25, -0.2) is 0 Å². The van der Waals surface area contributed by atoms with Crippen molar-refractivity contribution in [1.29, 1.82) is 0 Å². The van der Waals surface area contributed by atoms with Crippen molar-refractivity contribution < 1.29 is 9.47 Å². The minimum Gasteiger partial charge on any atom is -0.493 e. The van der Waals surface area contributed by atoms with E-state index in [1.807, 2.05) is 6.07 Å². The molecule has 1 saturated heterocycles. The van der Waals surface area contributed by atoms with Crippen molar-refractivity contribution in [1.82, 2.24) is 10.2 Å². The second-order valence-corrected chi connectivity index (χ2v) is 5.30. The smallest absolute Gasteiger partial charge is 0.161 e. The summed E-state index contributed by atoms with van der Waals surface area (Å²) < 4.78 is 10.7. The summed E-state index contributed by atoms with van der Waals surface area (Å²) in [5, 5.41) is 3.52. The minimum absolute atomic E-state index is 0.0178. The number of methoxy groups -OCH3 is 2. The van der Waals surface area contributed by atoms with E-state index in [1.54, 1.807) is 14.2 Å². The molecule has 0 bridgehead atoms. The highest BCUT2D eigenvalue weighted by atomic mass is 16.5. The second kappa shape index (κ2) is 5.80. The van der Waals surface area contributed by atoms with E-state index < -0.39 is 0 Å². The Balaban J connectivity index is 2.38. The lowest BCUT2D eigenvalue weighted by Gasteiger charge is -2.38. The number of benzene rings is 1. The van der Waals surface area contributed by atoms with Crippen molar-refractivity contribution in [2.75, 3.05) is 40.9 Å². The van der Waals surface area contributed by atoms with Crippen molar-refractivity contribution in [3.8, 4) is 11.5 Å². The van der Waals surface area contributed by atoms with E-state index in [2.05, 4.69) is 36.3 Å². The van der Waals surface area contributed by atoms with Gasteiger partial charge in [0.15, 0.2) is 11.5 Å². The topological polar surface area (TPSA) is 33.7 Å². The number of likely N-dealkylation sites (N-methyl/N-ethyl adjacent to an activating group) is 1. The van der Waals surface area contributed by atoms with Crippen molar-refractivity contribution in [3.05, 3.63) is 23.8 Å². The van der Waals surface area contributed by atoms with Crippen LogP contribution in [0.1, 0.15) is 18.9 Å². The normalized spacial score (nSPS) is 24.8. The molecule has 1 aromatic carbocycles. The van der Waals surface area contributed by atoms with E-state index >= 15 is 0 Å². The van der Waals surface area contributed by atoms with Crippen LogP contribution in [0.5, 0.6) is 11.5 Å². The fourth-order valence-electron chi connectivity index (χ4n) is 2.65. The molecule has 1 aliphatic rings. The highest BCUT2D eigenvalue weighted by molar-refractivity contribution is 5.45. The quantitative estimate of drug-likeness (QED) is 0.903. The van der Waals surface area contributed by atoms with Crippen LogP contribution in [-0.2, 0) is 5.54 Å². The number of hydrogen-bond acceptors (Lipinski definition) is 4. The second-order valence-electron chi connectivity index (χ2n) is 5.30. The van der Waals surface area contributed by atoms with E-state index in [1.165, 1.54) is 12.0 Å². The monoisotopic (exact) mass is 264 g/mol. The number of ether oxygens (including phenoxy) is 2. The zero-order chi connectivity index (χ0) is 13.9. The Morgan fingerprint density at radius 2 is 1.95 bits per heavy atom. The van der Waals surface area contributed by atoms with E-state index in [0.717, 1.165) is 31.1 Å². The van der Waals surface area contributed by atoms with Gasteiger partial charge in [-0.3, -0.25) is 4.90 Å². The van der Waals surface area contributed by atoms with Gasteiger partial charge in [0.05, 0.1) is 19.8 Å². The fraction of sp³-hybridized carbons (Fsp3) is 0.600. The summed E-state index contributed by atoms with van der Waals surface area (Å²) in [6.07, 6.45) is 1.18. The van der Waals surface area contributed by atoms with Crippen LogP contribution in [0, 0.1) is 0 Å². The van der Waals surface area contributed by atoms with E-state index in [4.69, 9.17) is 9.47 Å². The van der Waals surface area contributed by atoms with Crippen molar-refractivity contribution in [2.45, 2.75) is 18.9 Å². The van der Waals surface area contributed by atoms with Crippen molar-refractivity contribution in [2.24, 2.45) is 0 Å². The highest BCUT2D eigenvalue weighted by Gasteiger charge is 2.33. The molecule has 2 rings (SSSR count). The molecule has 0 aliphatic carbocycles. The average molecular weight is 264 g/mol.